The van der Waals surface area contributed by atoms with Crippen molar-refractivity contribution in [3.8, 4) is 11.6 Å². The van der Waals surface area contributed by atoms with Crippen LogP contribution < -0.4 is 9.61 Å². The lowest BCUT2D eigenvalue weighted by Gasteiger charge is -2.37. The van der Waals surface area contributed by atoms with Crippen molar-refractivity contribution in [2.75, 3.05) is 13.2 Å². The first kappa shape index (κ1) is 29.7. The minimum Gasteiger partial charge on any atom is -0.494 e. The van der Waals surface area contributed by atoms with E-state index in [9.17, 15) is 9.90 Å². The van der Waals surface area contributed by atoms with E-state index in [1.54, 1.807) is 10.8 Å². The van der Waals surface area contributed by atoms with Gasteiger partial charge in [-0.15, -0.1) is 0 Å². The normalized spacial score (nSPS) is 11.5. The lowest BCUT2D eigenvalue weighted by molar-refractivity contribution is 0.108. The van der Waals surface area contributed by atoms with Crippen LogP contribution in [0.4, 0.5) is 0 Å². The van der Waals surface area contributed by atoms with Crippen LogP contribution in [-0.4, -0.2) is 29.1 Å². The summed E-state index contributed by atoms with van der Waals surface area (Å²) in [5.74, 6) is 0.649. The maximum Gasteiger partial charge on any atom is 0.311 e. The molecule has 224 valence electrons. The van der Waals surface area contributed by atoms with Crippen LogP contribution in [0.1, 0.15) is 32.7 Å². The standard InChI is InChI=1S/C38H32N2O4S/c41-36-35(27-29-21-23-34(24-22-29)43-25-26-44-39-28-30-13-5-1-6-14-30)45-37(42)40(36)38(31-15-7-2-8-16-31,32-17-9-3-10-18-32)33-19-11-4-12-20-33/h1-24,28,41H,25-27H2. The number of nitrogens with zero attached hydrogens (tertiary/aromatic N) is 2. The van der Waals surface area contributed by atoms with Crippen LogP contribution in [-0.2, 0) is 16.8 Å². The van der Waals surface area contributed by atoms with Gasteiger partial charge in [0.25, 0.3) is 0 Å². The number of oxime groups is 1. The summed E-state index contributed by atoms with van der Waals surface area (Å²) in [6, 6.07) is 47.0. The average molecular weight is 613 g/mol. The van der Waals surface area contributed by atoms with Crippen LogP contribution >= 0.6 is 11.3 Å². The molecule has 1 aromatic heterocycles. The highest BCUT2D eigenvalue weighted by molar-refractivity contribution is 7.09. The average Bonchev–Trinajstić information content (AvgIpc) is 3.38. The lowest BCUT2D eigenvalue weighted by Crippen LogP contribution is -2.42. The Morgan fingerprint density at radius 2 is 1.20 bits per heavy atom. The summed E-state index contributed by atoms with van der Waals surface area (Å²) in [6.45, 7) is 0.656. The Bertz CT molecular complexity index is 1790. The first-order valence-electron chi connectivity index (χ1n) is 14.7. The zero-order valence-electron chi connectivity index (χ0n) is 24.5. The molecule has 45 heavy (non-hydrogen) atoms. The second kappa shape index (κ2) is 13.9. The summed E-state index contributed by atoms with van der Waals surface area (Å²) in [4.78, 5) is 19.6. The first-order valence-corrected chi connectivity index (χ1v) is 15.5. The van der Waals surface area contributed by atoms with Crippen LogP contribution in [0.5, 0.6) is 11.6 Å². The SMILES string of the molecule is O=c1sc(Cc2ccc(OCCON=Cc3ccccc3)cc2)c(O)n1C(c1ccccc1)(c1ccccc1)c1ccccc1. The van der Waals surface area contributed by atoms with E-state index in [4.69, 9.17) is 9.57 Å². The quantitative estimate of drug-likeness (QED) is 0.0673. The molecule has 0 aliphatic heterocycles. The molecule has 0 aliphatic rings. The van der Waals surface area contributed by atoms with Gasteiger partial charge in [0.1, 0.15) is 17.9 Å². The highest BCUT2D eigenvalue weighted by Gasteiger charge is 2.42. The van der Waals surface area contributed by atoms with Crippen molar-refractivity contribution in [2.24, 2.45) is 5.16 Å². The molecule has 0 saturated carbocycles. The van der Waals surface area contributed by atoms with Crippen molar-refractivity contribution in [3.05, 3.63) is 188 Å². The Hall–Kier alpha value is -5.40. The third kappa shape index (κ3) is 6.44. The number of ether oxygens (including phenoxy) is 1. The van der Waals surface area contributed by atoms with E-state index in [2.05, 4.69) is 5.16 Å². The Morgan fingerprint density at radius 3 is 1.73 bits per heavy atom. The predicted molar refractivity (Wildman–Crippen MR) is 180 cm³/mol. The highest BCUT2D eigenvalue weighted by Crippen LogP contribution is 2.43. The van der Waals surface area contributed by atoms with Gasteiger partial charge in [0, 0.05) is 6.42 Å². The summed E-state index contributed by atoms with van der Waals surface area (Å²) < 4.78 is 7.35. The number of benzene rings is 5. The summed E-state index contributed by atoms with van der Waals surface area (Å²) >= 11 is 1.07. The predicted octanol–water partition coefficient (Wildman–Crippen LogP) is 7.48. The van der Waals surface area contributed by atoms with Crippen molar-refractivity contribution in [3.63, 3.8) is 0 Å². The smallest absolute Gasteiger partial charge is 0.311 e. The van der Waals surface area contributed by atoms with Gasteiger partial charge in [0.15, 0.2) is 6.61 Å². The van der Waals surface area contributed by atoms with Gasteiger partial charge in [-0.25, -0.2) is 0 Å². The maximum atomic E-state index is 13.9. The van der Waals surface area contributed by atoms with Crippen molar-refractivity contribution < 1.29 is 14.7 Å². The van der Waals surface area contributed by atoms with Crippen LogP contribution in [0.15, 0.2) is 156 Å². The third-order valence-corrected chi connectivity index (χ3v) is 8.50. The molecule has 0 atom stereocenters. The van der Waals surface area contributed by atoms with Gasteiger partial charge < -0.3 is 14.7 Å². The summed E-state index contributed by atoms with van der Waals surface area (Å²) in [6.07, 6.45) is 2.06. The zero-order chi connectivity index (χ0) is 30.9. The summed E-state index contributed by atoms with van der Waals surface area (Å²) in [5.41, 5.74) is 3.46. The van der Waals surface area contributed by atoms with Gasteiger partial charge in [0.05, 0.1) is 11.1 Å². The molecular formula is C38H32N2O4S. The van der Waals surface area contributed by atoms with Gasteiger partial charge in [-0.1, -0.05) is 150 Å². The molecule has 0 fully saturated rings. The van der Waals surface area contributed by atoms with Gasteiger partial charge in [-0.05, 0) is 39.9 Å². The molecule has 1 N–H and O–H groups in total. The molecule has 0 bridgehead atoms. The van der Waals surface area contributed by atoms with E-state index in [0.29, 0.717) is 30.3 Å². The van der Waals surface area contributed by atoms with Gasteiger partial charge >= 0.3 is 4.87 Å². The van der Waals surface area contributed by atoms with Crippen molar-refractivity contribution in [2.45, 2.75) is 12.0 Å². The Morgan fingerprint density at radius 1 is 0.689 bits per heavy atom. The third-order valence-electron chi connectivity index (χ3n) is 7.57. The number of rotatable bonds is 12. The molecule has 6 rings (SSSR count). The molecule has 6 nitrogen and oxygen atoms in total. The van der Waals surface area contributed by atoms with E-state index in [1.165, 1.54) is 0 Å². The van der Waals surface area contributed by atoms with Crippen LogP contribution in [0, 0.1) is 0 Å². The maximum absolute atomic E-state index is 13.9. The van der Waals surface area contributed by atoms with Crippen LogP contribution in [0.2, 0.25) is 0 Å². The van der Waals surface area contributed by atoms with Crippen molar-refractivity contribution >= 4 is 17.6 Å². The van der Waals surface area contributed by atoms with Crippen LogP contribution in [0.25, 0.3) is 0 Å². The van der Waals surface area contributed by atoms with E-state index in [-0.39, 0.29) is 10.8 Å². The molecule has 1 heterocycles. The summed E-state index contributed by atoms with van der Waals surface area (Å²) in [5, 5.41) is 15.8. The zero-order valence-corrected chi connectivity index (χ0v) is 25.3. The Kier molecular flexibility index (Phi) is 9.18. The minimum atomic E-state index is -1.08. The molecule has 7 heteroatoms. The van der Waals surface area contributed by atoms with Gasteiger partial charge in [-0.3, -0.25) is 9.36 Å². The van der Waals surface area contributed by atoms with Gasteiger partial charge in [0.2, 0.25) is 5.88 Å². The van der Waals surface area contributed by atoms with Crippen molar-refractivity contribution in [1.29, 1.82) is 0 Å². The summed E-state index contributed by atoms with van der Waals surface area (Å²) in [7, 11) is 0. The molecule has 0 aliphatic carbocycles. The number of aromatic hydroxyl groups is 1. The van der Waals surface area contributed by atoms with E-state index in [1.807, 2.05) is 146 Å². The molecule has 0 saturated heterocycles. The second-order valence-electron chi connectivity index (χ2n) is 10.4. The molecule has 5 aromatic carbocycles. The number of aromatic nitrogens is 1. The fraction of sp³-hybridized carbons (Fsp3) is 0.105. The van der Waals surface area contributed by atoms with Crippen LogP contribution in [0.3, 0.4) is 0 Å². The topological polar surface area (TPSA) is 73.1 Å². The monoisotopic (exact) mass is 612 g/mol. The molecular weight excluding hydrogens is 580 g/mol. The first-order chi connectivity index (χ1) is 22.2. The molecule has 0 radical (unpaired) electrons. The number of hydrogen-bond donors (Lipinski definition) is 1. The Balaban J connectivity index is 1.24. The molecule has 0 unspecified atom stereocenters. The Labute approximate surface area is 266 Å². The number of thiazole rings is 1. The van der Waals surface area contributed by atoms with Crippen molar-refractivity contribution in [1.82, 2.24) is 4.57 Å². The number of hydrogen-bond acceptors (Lipinski definition) is 6. The highest BCUT2D eigenvalue weighted by atomic mass is 32.1. The van der Waals surface area contributed by atoms with E-state index < -0.39 is 5.54 Å². The van der Waals surface area contributed by atoms with E-state index >= 15 is 0 Å². The fourth-order valence-corrected chi connectivity index (χ4v) is 6.47. The lowest BCUT2D eigenvalue weighted by atomic mass is 9.76. The molecule has 0 amide bonds. The second-order valence-corrected chi connectivity index (χ2v) is 11.5. The molecule has 0 spiro atoms. The minimum absolute atomic E-state index is 0.0462. The molecule has 6 aromatic rings. The van der Waals surface area contributed by atoms with E-state index in [0.717, 1.165) is 39.2 Å². The van der Waals surface area contributed by atoms with Gasteiger partial charge in [-0.2, -0.15) is 0 Å². The largest absolute Gasteiger partial charge is 0.494 e. The fourth-order valence-electron chi connectivity index (χ4n) is 5.52.